The maximum absolute atomic E-state index is 13.4. The highest BCUT2D eigenvalue weighted by molar-refractivity contribution is 5.68. The molecule has 1 unspecified atom stereocenters. The summed E-state index contributed by atoms with van der Waals surface area (Å²) in [5.74, 6) is 0. The van der Waals surface area contributed by atoms with Crippen molar-refractivity contribution in [2.24, 2.45) is 5.41 Å². The van der Waals surface area contributed by atoms with Gasteiger partial charge in [0, 0.05) is 25.3 Å². The molecule has 0 aromatic heterocycles. The molecule has 2 aromatic carbocycles. The Balaban J connectivity index is 2.10. The van der Waals surface area contributed by atoms with Crippen molar-refractivity contribution in [3.63, 3.8) is 0 Å². The van der Waals surface area contributed by atoms with Crippen molar-refractivity contribution < 1.29 is 36.2 Å². The first kappa shape index (κ1) is 30.6. The van der Waals surface area contributed by atoms with Gasteiger partial charge in [0.25, 0.3) is 0 Å². The van der Waals surface area contributed by atoms with E-state index >= 15 is 0 Å². The molecule has 0 fully saturated rings. The second-order valence-electron chi connectivity index (χ2n) is 11.1. The standard InChI is InChI=1S/C29H36F6N2O2/c1-6-8-9-36(7-2)25-13-21-16-27(4,5)15-20(21)12-24(25)18(3)37(26(38)39)17-19-10-22(28(30,31)32)14-23(11-19)29(33,34)35/h10-14,18H,6-9,15-17H2,1-5H3,(H,38,39). The number of carbonyl (C=O) groups is 1. The summed E-state index contributed by atoms with van der Waals surface area (Å²) >= 11 is 0. The number of unbranched alkanes of at least 4 members (excludes halogenated alkanes) is 1. The maximum Gasteiger partial charge on any atom is 0.416 e. The first-order chi connectivity index (χ1) is 18.0. The van der Waals surface area contributed by atoms with Gasteiger partial charge in [-0.3, -0.25) is 4.90 Å². The Morgan fingerprint density at radius 1 is 0.949 bits per heavy atom. The van der Waals surface area contributed by atoms with Gasteiger partial charge in [-0.05, 0) is 85.0 Å². The average molecular weight is 559 g/mol. The lowest BCUT2D eigenvalue weighted by atomic mass is 9.90. The lowest BCUT2D eigenvalue weighted by molar-refractivity contribution is -0.143. The topological polar surface area (TPSA) is 43.8 Å². The third kappa shape index (κ3) is 7.19. The van der Waals surface area contributed by atoms with Gasteiger partial charge < -0.3 is 10.0 Å². The highest BCUT2D eigenvalue weighted by Crippen LogP contribution is 2.43. The van der Waals surface area contributed by atoms with Crippen molar-refractivity contribution in [1.82, 2.24) is 4.90 Å². The minimum atomic E-state index is -5.02. The molecule has 4 nitrogen and oxygen atoms in total. The van der Waals surface area contributed by atoms with Crippen molar-refractivity contribution in [3.8, 4) is 0 Å². The van der Waals surface area contributed by atoms with E-state index in [0.717, 1.165) is 48.4 Å². The van der Waals surface area contributed by atoms with Gasteiger partial charge in [-0.15, -0.1) is 0 Å². The molecule has 0 bridgehead atoms. The fourth-order valence-corrected chi connectivity index (χ4v) is 5.37. The van der Waals surface area contributed by atoms with E-state index in [2.05, 4.69) is 31.7 Å². The minimum Gasteiger partial charge on any atom is -0.465 e. The van der Waals surface area contributed by atoms with Gasteiger partial charge in [0.1, 0.15) is 0 Å². The smallest absolute Gasteiger partial charge is 0.416 e. The Bertz CT molecular complexity index is 1160. The van der Waals surface area contributed by atoms with Crippen molar-refractivity contribution in [3.05, 3.63) is 63.7 Å². The third-order valence-corrected chi connectivity index (χ3v) is 7.35. The number of nitrogens with zero attached hydrogens (tertiary/aromatic N) is 2. The van der Waals surface area contributed by atoms with Crippen molar-refractivity contribution in [2.75, 3.05) is 18.0 Å². The van der Waals surface area contributed by atoms with E-state index in [9.17, 15) is 36.2 Å². The maximum atomic E-state index is 13.4. The molecule has 216 valence electrons. The van der Waals surface area contributed by atoms with E-state index in [1.807, 2.05) is 13.0 Å². The molecule has 3 rings (SSSR count). The number of fused-ring (bicyclic) bond motifs is 1. The van der Waals surface area contributed by atoms with E-state index in [1.165, 1.54) is 5.56 Å². The van der Waals surface area contributed by atoms with Crippen LogP contribution in [0.15, 0.2) is 30.3 Å². The van der Waals surface area contributed by atoms with Crippen LogP contribution in [-0.4, -0.2) is 29.2 Å². The van der Waals surface area contributed by atoms with E-state index in [0.29, 0.717) is 24.2 Å². The summed E-state index contributed by atoms with van der Waals surface area (Å²) in [5, 5.41) is 10.1. The Kier molecular flexibility index (Phi) is 8.87. The monoisotopic (exact) mass is 558 g/mol. The van der Waals surface area contributed by atoms with Gasteiger partial charge in [0.15, 0.2) is 0 Å². The Hall–Kier alpha value is -2.91. The molecule has 0 saturated heterocycles. The highest BCUT2D eigenvalue weighted by Gasteiger charge is 2.38. The van der Waals surface area contributed by atoms with Gasteiger partial charge in [-0.25, -0.2) is 4.79 Å². The zero-order valence-electron chi connectivity index (χ0n) is 22.9. The van der Waals surface area contributed by atoms with Gasteiger partial charge >= 0.3 is 18.4 Å². The van der Waals surface area contributed by atoms with Crippen LogP contribution in [0.25, 0.3) is 0 Å². The molecule has 0 radical (unpaired) electrons. The van der Waals surface area contributed by atoms with E-state index in [4.69, 9.17) is 0 Å². The number of hydrogen-bond acceptors (Lipinski definition) is 2. The number of amides is 1. The number of carboxylic acid groups (broad SMARTS) is 1. The fraction of sp³-hybridized carbons (Fsp3) is 0.552. The zero-order chi connectivity index (χ0) is 29.3. The number of hydrogen-bond donors (Lipinski definition) is 1. The Labute approximate surface area is 225 Å². The van der Waals surface area contributed by atoms with Crippen LogP contribution in [0.3, 0.4) is 0 Å². The van der Waals surface area contributed by atoms with E-state index in [1.54, 1.807) is 6.92 Å². The molecular weight excluding hydrogens is 522 g/mol. The minimum absolute atomic E-state index is 0.0282. The molecule has 0 saturated carbocycles. The summed E-state index contributed by atoms with van der Waals surface area (Å²) in [5.41, 5.74) is 0.506. The molecule has 1 atom stereocenters. The Morgan fingerprint density at radius 2 is 1.49 bits per heavy atom. The van der Waals surface area contributed by atoms with Gasteiger partial charge in [-0.2, -0.15) is 26.3 Å². The molecule has 0 spiro atoms. The summed E-state index contributed by atoms with van der Waals surface area (Å²) in [4.78, 5) is 15.5. The number of rotatable bonds is 9. The van der Waals surface area contributed by atoms with Crippen LogP contribution in [0.1, 0.15) is 86.9 Å². The summed E-state index contributed by atoms with van der Waals surface area (Å²) in [6.45, 7) is 10.8. The molecule has 1 amide bonds. The summed E-state index contributed by atoms with van der Waals surface area (Å²) < 4.78 is 80.6. The largest absolute Gasteiger partial charge is 0.465 e. The van der Waals surface area contributed by atoms with Gasteiger partial charge in [0.2, 0.25) is 0 Å². The second-order valence-corrected chi connectivity index (χ2v) is 11.1. The normalized spacial score (nSPS) is 15.7. The average Bonchev–Trinajstić information content (AvgIpc) is 3.13. The molecule has 2 aromatic rings. The summed E-state index contributed by atoms with van der Waals surface area (Å²) in [6, 6.07) is 4.45. The van der Waals surface area contributed by atoms with Crippen LogP contribution in [-0.2, 0) is 31.7 Å². The Morgan fingerprint density at radius 3 is 1.95 bits per heavy atom. The summed E-state index contributed by atoms with van der Waals surface area (Å²) in [7, 11) is 0. The lowest BCUT2D eigenvalue weighted by Gasteiger charge is -2.33. The first-order valence-corrected chi connectivity index (χ1v) is 13.2. The highest BCUT2D eigenvalue weighted by atomic mass is 19.4. The second kappa shape index (κ2) is 11.3. The molecule has 10 heteroatoms. The molecule has 39 heavy (non-hydrogen) atoms. The zero-order valence-corrected chi connectivity index (χ0v) is 22.9. The van der Waals surface area contributed by atoms with Crippen LogP contribution in [0.5, 0.6) is 0 Å². The van der Waals surface area contributed by atoms with Crippen molar-refractivity contribution in [2.45, 2.75) is 85.2 Å². The van der Waals surface area contributed by atoms with Crippen molar-refractivity contribution >= 4 is 11.8 Å². The fourth-order valence-electron chi connectivity index (χ4n) is 5.37. The molecular formula is C29H36F6N2O2. The molecule has 1 N–H and O–H groups in total. The van der Waals surface area contributed by atoms with Crippen LogP contribution in [0.4, 0.5) is 36.8 Å². The van der Waals surface area contributed by atoms with Crippen LogP contribution in [0, 0.1) is 5.41 Å². The van der Waals surface area contributed by atoms with Crippen LogP contribution in [0.2, 0.25) is 0 Å². The van der Waals surface area contributed by atoms with Crippen LogP contribution < -0.4 is 4.90 Å². The van der Waals surface area contributed by atoms with E-state index < -0.39 is 42.2 Å². The summed E-state index contributed by atoms with van der Waals surface area (Å²) in [6.07, 6.45) is -7.94. The van der Waals surface area contributed by atoms with E-state index in [-0.39, 0.29) is 17.0 Å². The third-order valence-electron chi connectivity index (χ3n) is 7.35. The molecule has 0 aliphatic heterocycles. The van der Waals surface area contributed by atoms with Gasteiger partial charge in [-0.1, -0.05) is 33.3 Å². The SMILES string of the molecule is CCCCN(CC)c1cc2c(cc1C(C)N(Cc1cc(C(F)(F)F)cc(C(F)(F)F)c1)C(=O)O)CC(C)(C)C2. The molecule has 1 aliphatic carbocycles. The number of anilines is 1. The van der Waals surface area contributed by atoms with Crippen molar-refractivity contribution in [1.29, 1.82) is 0 Å². The number of halogens is 6. The number of benzene rings is 2. The predicted molar refractivity (Wildman–Crippen MR) is 139 cm³/mol. The van der Waals surface area contributed by atoms with Gasteiger partial charge in [0.05, 0.1) is 17.2 Å². The van der Waals surface area contributed by atoms with Crippen LogP contribution >= 0.6 is 0 Å². The molecule has 0 heterocycles. The molecule has 1 aliphatic rings. The quantitative estimate of drug-likeness (QED) is 0.313. The lowest BCUT2D eigenvalue weighted by Crippen LogP contribution is -2.34. The predicted octanol–water partition coefficient (Wildman–Crippen LogP) is 8.72. The first-order valence-electron chi connectivity index (χ1n) is 13.2. The number of alkyl halides is 6.